The third-order valence-electron chi connectivity index (χ3n) is 2.56. The number of halogens is 2. The average Bonchev–Trinajstić information content (AvgIpc) is 2.89. The standard InChI is InChI=1S/C14H14ClFN2O2S/c1-2-20-12-4-3-9(5-11(12)16)17-13(19)6-14-18-10(7-15)8-21-14/h3-5,8H,2,6-7H2,1H3,(H,17,19). The number of alkyl halides is 1. The highest BCUT2D eigenvalue weighted by molar-refractivity contribution is 7.09. The number of carbonyl (C=O) groups is 1. The molecule has 21 heavy (non-hydrogen) atoms. The summed E-state index contributed by atoms with van der Waals surface area (Å²) in [6.07, 6.45) is 0.135. The van der Waals surface area contributed by atoms with Gasteiger partial charge in [-0.1, -0.05) is 0 Å². The molecule has 1 amide bonds. The van der Waals surface area contributed by atoms with E-state index in [4.69, 9.17) is 16.3 Å². The van der Waals surface area contributed by atoms with Crippen LogP contribution in [0.15, 0.2) is 23.6 Å². The molecule has 0 saturated carbocycles. The molecule has 0 aliphatic carbocycles. The highest BCUT2D eigenvalue weighted by Crippen LogP contribution is 2.21. The largest absolute Gasteiger partial charge is 0.491 e. The first kappa shape index (κ1) is 15.7. The van der Waals surface area contributed by atoms with E-state index in [0.717, 1.165) is 5.69 Å². The van der Waals surface area contributed by atoms with Crippen molar-refractivity contribution in [1.82, 2.24) is 4.98 Å². The molecule has 1 N–H and O–H groups in total. The van der Waals surface area contributed by atoms with Crippen molar-refractivity contribution in [3.63, 3.8) is 0 Å². The van der Waals surface area contributed by atoms with E-state index in [-0.39, 0.29) is 18.1 Å². The van der Waals surface area contributed by atoms with Crippen LogP contribution in [-0.4, -0.2) is 17.5 Å². The van der Waals surface area contributed by atoms with Gasteiger partial charge >= 0.3 is 0 Å². The molecular formula is C14H14ClFN2O2S. The molecule has 1 heterocycles. The van der Waals surface area contributed by atoms with Crippen LogP contribution in [0.1, 0.15) is 17.6 Å². The van der Waals surface area contributed by atoms with Crippen molar-refractivity contribution in [2.75, 3.05) is 11.9 Å². The van der Waals surface area contributed by atoms with Crippen molar-refractivity contribution < 1.29 is 13.9 Å². The second kappa shape index (κ2) is 7.38. The van der Waals surface area contributed by atoms with Crippen LogP contribution in [0, 0.1) is 5.82 Å². The van der Waals surface area contributed by atoms with Gasteiger partial charge in [0.25, 0.3) is 0 Å². The monoisotopic (exact) mass is 328 g/mol. The van der Waals surface area contributed by atoms with Gasteiger partial charge in [-0.25, -0.2) is 9.37 Å². The lowest BCUT2D eigenvalue weighted by molar-refractivity contribution is -0.115. The van der Waals surface area contributed by atoms with E-state index in [2.05, 4.69) is 10.3 Å². The number of thiazole rings is 1. The van der Waals surface area contributed by atoms with Gasteiger partial charge in [0.1, 0.15) is 5.01 Å². The summed E-state index contributed by atoms with van der Waals surface area (Å²) in [5.41, 5.74) is 1.13. The minimum Gasteiger partial charge on any atom is -0.491 e. The van der Waals surface area contributed by atoms with Crippen LogP contribution in [-0.2, 0) is 17.1 Å². The van der Waals surface area contributed by atoms with Crippen LogP contribution in [0.3, 0.4) is 0 Å². The molecule has 0 aliphatic rings. The smallest absolute Gasteiger partial charge is 0.231 e. The second-order valence-electron chi connectivity index (χ2n) is 4.17. The molecule has 0 bridgehead atoms. The fraction of sp³-hybridized carbons (Fsp3) is 0.286. The Hall–Kier alpha value is -1.66. The van der Waals surface area contributed by atoms with E-state index in [9.17, 15) is 9.18 Å². The number of nitrogens with one attached hydrogen (secondary N) is 1. The molecule has 0 fully saturated rings. The van der Waals surface area contributed by atoms with E-state index < -0.39 is 5.82 Å². The minimum absolute atomic E-state index is 0.135. The van der Waals surface area contributed by atoms with Gasteiger partial charge in [-0.05, 0) is 19.1 Å². The Kier molecular flexibility index (Phi) is 5.52. The van der Waals surface area contributed by atoms with Gasteiger partial charge in [0.2, 0.25) is 5.91 Å². The van der Waals surface area contributed by atoms with E-state index in [1.165, 1.54) is 23.5 Å². The Bertz CT molecular complexity index is 633. The summed E-state index contributed by atoms with van der Waals surface area (Å²) in [4.78, 5) is 16.1. The van der Waals surface area contributed by atoms with Crippen LogP contribution >= 0.6 is 22.9 Å². The van der Waals surface area contributed by atoms with Crippen LogP contribution < -0.4 is 10.1 Å². The van der Waals surface area contributed by atoms with Crippen molar-refractivity contribution >= 4 is 34.5 Å². The Labute approximate surface area is 130 Å². The maximum Gasteiger partial charge on any atom is 0.231 e. The third kappa shape index (κ3) is 4.41. The number of ether oxygens (including phenoxy) is 1. The van der Waals surface area contributed by atoms with Crippen LogP contribution in [0.2, 0.25) is 0 Å². The molecule has 4 nitrogen and oxygen atoms in total. The fourth-order valence-corrected chi connectivity index (χ4v) is 2.71. The molecule has 0 atom stereocenters. The van der Waals surface area contributed by atoms with Crippen molar-refractivity contribution in [2.45, 2.75) is 19.2 Å². The summed E-state index contributed by atoms with van der Waals surface area (Å²) < 4.78 is 18.8. The summed E-state index contributed by atoms with van der Waals surface area (Å²) in [5.74, 6) is -0.271. The van der Waals surface area contributed by atoms with Gasteiger partial charge in [-0.15, -0.1) is 22.9 Å². The molecule has 2 rings (SSSR count). The lowest BCUT2D eigenvalue weighted by Crippen LogP contribution is -2.14. The summed E-state index contributed by atoms with van der Waals surface area (Å²) in [6.45, 7) is 2.16. The van der Waals surface area contributed by atoms with Crippen molar-refractivity contribution in [1.29, 1.82) is 0 Å². The number of aromatic nitrogens is 1. The van der Waals surface area contributed by atoms with E-state index in [1.54, 1.807) is 13.0 Å². The lowest BCUT2D eigenvalue weighted by atomic mass is 10.2. The fourth-order valence-electron chi connectivity index (χ4n) is 1.69. The average molecular weight is 329 g/mol. The maximum absolute atomic E-state index is 13.7. The first-order chi connectivity index (χ1) is 10.1. The van der Waals surface area contributed by atoms with Gasteiger partial charge in [0.15, 0.2) is 11.6 Å². The number of anilines is 1. The Morgan fingerprint density at radius 1 is 1.52 bits per heavy atom. The van der Waals surface area contributed by atoms with Gasteiger partial charge < -0.3 is 10.1 Å². The topological polar surface area (TPSA) is 51.2 Å². The number of carbonyl (C=O) groups excluding carboxylic acids is 1. The lowest BCUT2D eigenvalue weighted by Gasteiger charge is -2.07. The molecule has 7 heteroatoms. The summed E-state index contributed by atoms with van der Waals surface area (Å²) in [6, 6.07) is 4.32. The Morgan fingerprint density at radius 3 is 2.95 bits per heavy atom. The van der Waals surface area contributed by atoms with Crippen molar-refractivity contribution in [3.05, 3.63) is 40.1 Å². The maximum atomic E-state index is 13.7. The molecular weight excluding hydrogens is 315 g/mol. The molecule has 0 spiro atoms. The quantitative estimate of drug-likeness (QED) is 0.824. The van der Waals surface area contributed by atoms with Gasteiger partial charge in [0, 0.05) is 17.1 Å². The van der Waals surface area contributed by atoms with E-state index in [0.29, 0.717) is 23.2 Å². The van der Waals surface area contributed by atoms with Crippen LogP contribution in [0.5, 0.6) is 5.75 Å². The van der Waals surface area contributed by atoms with E-state index >= 15 is 0 Å². The number of amides is 1. The number of rotatable bonds is 6. The highest BCUT2D eigenvalue weighted by Gasteiger charge is 2.10. The first-order valence-corrected chi connectivity index (χ1v) is 7.75. The first-order valence-electron chi connectivity index (χ1n) is 6.33. The van der Waals surface area contributed by atoms with Crippen LogP contribution in [0.25, 0.3) is 0 Å². The SMILES string of the molecule is CCOc1ccc(NC(=O)Cc2nc(CCl)cs2)cc1F. The molecule has 0 saturated heterocycles. The third-order valence-corrected chi connectivity index (χ3v) is 3.73. The molecule has 1 aromatic carbocycles. The summed E-state index contributed by atoms with van der Waals surface area (Å²) in [7, 11) is 0. The highest BCUT2D eigenvalue weighted by atomic mass is 35.5. The molecule has 112 valence electrons. The van der Waals surface area contributed by atoms with Gasteiger partial charge in [-0.3, -0.25) is 4.79 Å². The second-order valence-corrected chi connectivity index (χ2v) is 5.38. The van der Waals surface area contributed by atoms with Crippen LogP contribution in [0.4, 0.5) is 10.1 Å². The number of nitrogens with zero attached hydrogens (tertiary/aromatic N) is 1. The minimum atomic E-state index is -0.506. The number of hydrogen-bond acceptors (Lipinski definition) is 4. The molecule has 0 aliphatic heterocycles. The number of benzene rings is 1. The predicted octanol–water partition coefficient (Wildman–Crippen LogP) is 3.60. The van der Waals surface area contributed by atoms with Crippen molar-refractivity contribution in [3.8, 4) is 5.75 Å². The zero-order valence-corrected chi connectivity index (χ0v) is 12.9. The zero-order chi connectivity index (χ0) is 15.2. The molecule has 0 radical (unpaired) electrons. The van der Waals surface area contributed by atoms with Gasteiger partial charge in [-0.2, -0.15) is 0 Å². The molecule has 2 aromatic rings. The Morgan fingerprint density at radius 2 is 2.33 bits per heavy atom. The summed E-state index contributed by atoms with van der Waals surface area (Å²) >= 11 is 7.03. The Balaban J connectivity index is 1.97. The molecule has 1 aromatic heterocycles. The van der Waals surface area contributed by atoms with Gasteiger partial charge in [0.05, 0.1) is 24.6 Å². The zero-order valence-electron chi connectivity index (χ0n) is 11.4. The molecule has 0 unspecified atom stereocenters. The number of hydrogen-bond donors (Lipinski definition) is 1. The predicted molar refractivity (Wildman–Crippen MR) is 81.6 cm³/mol. The summed E-state index contributed by atoms with van der Waals surface area (Å²) in [5, 5.41) is 5.11. The van der Waals surface area contributed by atoms with Crippen molar-refractivity contribution in [2.24, 2.45) is 0 Å². The normalized spacial score (nSPS) is 10.4. The van der Waals surface area contributed by atoms with E-state index in [1.807, 2.05) is 5.38 Å².